The van der Waals surface area contributed by atoms with Gasteiger partial charge in [-0.1, -0.05) is 19.9 Å². The molecule has 1 aromatic carbocycles. The molecule has 0 spiro atoms. The second-order valence-corrected chi connectivity index (χ2v) is 11.5. The monoisotopic (exact) mass is 509 g/mol. The number of alkyl halides is 1. The number of hydrogen-bond acceptors (Lipinski definition) is 8. The van der Waals surface area contributed by atoms with E-state index >= 15 is 0 Å². The van der Waals surface area contributed by atoms with E-state index in [1.165, 1.54) is 28.7 Å². The molecule has 5 rings (SSSR count). The maximum absolute atomic E-state index is 13.5. The van der Waals surface area contributed by atoms with E-state index in [1.807, 2.05) is 25.3 Å². The molecule has 10 heteroatoms. The number of aromatic nitrogens is 3. The molecule has 190 valence electrons. The second-order valence-electron chi connectivity index (χ2n) is 10.6. The summed E-state index contributed by atoms with van der Waals surface area (Å²) < 4.78 is 13.5. The molecule has 1 amide bonds. The van der Waals surface area contributed by atoms with Crippen molar-refractivity contribution in [1.29, 1.82) is 0 Å². The van der Waals surface area contributed by atoms with Crippen molar-refractivity contribution < 1.29 is 9.18 Å². The van der Waals surface area contributed by atoms with Crippen LogP contribution in [0.3, 0.4) is 0 Å². The van der Waals surface area contributed by atoms with Crippen LogP contribution in [0.1, 0.15) is 67.7 Å². The van der Waals surface area contributed by atoms with Gasteiger partial charge in [0.05, 0.1) is 5.69 Å². The lowest BCUT2D eigenvalue weighted by atomic mass is 9.79. The average Bonchev–Trinajstić information content (AvgIpc) is 3.49. The van der Waals surface area contributed by atoms with Gasteiger partial charge in [0.2, 0.25) is 5.95 Å². The second kappa shape index (κ2) is 9.40. The summed E-state index contributed by atoms with van der Waals surface area (Å²) in [6.07, 6.45) is 3.13. The first-order valence-corrected chi connectivity index (χ1v) is 13.2. The van der Waals surface area contributed by atoms with Crippen molar-refractivity contribution in [3.8, 4) is 0 Å². The van der Waals surface area contributed by atoms with Crippen molar-refractivity contribution in [2.24, 2.45) is 0 Å². The SMILES string of the molecule is CC(C)NC(=O)c1cnc(Nc2ccc3c(c2)CNCC3(C)C)nc1Nc1nc(C2(CF)CC2)cs1. The molecule has 2 aromatic heterocycles. The van der Waals surface area contributed by atoms with Gasteiger partial charge in [-0.25, -0.2) is 9.97 Å². The number of halogens is 1. The molecule has 0 unspecified atom stereocenters. The van der Waals surface area contributed by atoms with E-state index in [4.69, 9.17) is 0 Å². The Morgan fingerprint density at radius 1 is 1.22 bits per heavy atom. The molecule has 0 saturated heterocycles. The molecule has 0 atom stereocenters. The van der Waals surface area contributed by atoms with Crippen LogP contribution in [-0.4, -0.2) is 40.1 Å². The third-order valence-electron chi connectivity index (χ3n) is 6.81. The van der Waals surface area contributed by atoms with Crippen molar-refractivity contribution in [1.82, 2.24) is 25.6 Å². The number of carbonyl (C=O) groups is 1. The zero-order valence-electron chi connectivity index (χ0n) is 21.0. The zero-order valence-corrected chi connectivity index (χ0v) is 21.9. The van der Waals surface area contributed by atoms with Crippen LogP contribution < -0.4 is 21.3 Å². The first-order valence-electron chi connectivity index (χ1n) is 12.3. The number of rotatable bonds is 8. The molecule has 0 radical (unpaired) electrons. The first kappa shape index (κ1) is 24.6. The molecule has 1 saturated carbocycles. The summed E-state index contributed by atoms with van der Waals surface area (Å²) in [5, 5.41) is 15.3. The Morgan fingerprint density at radius 3 is 2.75 bits per heavy atom. The summed E-state index contributed by atoms with van der Waals surface area (Å²) in [6.45, 7) is 9.60. The highest BCUT2D eigenvalue weighted by Crippen LogP contribution is 2.49. The predicted octanol–water partition coefficient (Wildman–Crippen LogP) is 4.94. The van der Waals surface area contributed by atoms with Crippen LogP contribution in [0.5, 0.6) is 0 Å². The Labute approximate surface area is 214 Å². The maximum Gasteiger partial charge on any atom is 0.256 e. The van der Waals surface area contributed by atoms with E-state index < -0.39 is 12.1 Å². The maximum atomic E-state index is 13.5. The molecule has 1 fully saturated rings. The Bertz CT molecular complexity index is 1290. The van der Waals surface area contributed by atoms with E-state index in [1.54, 1.807) is 0 Å². The van der Waals surface area contributed by atoms with Crippen molar-refractivity contribution in [2.75, 3.05) is 23.9 Å². The van der Waals surface area contributed by atoms with Gasteiger partial charge in [0, 0.05) is 47.2 Å². The molecular weight excluding hydrogens is 477 g/mol. The van der Waals surface area contributed by atoms with Gasteiger partial charge in [-0.2, -0.15) is 4.98 Å². The van der Waals surface area contributed by atoms with Crippen molar-refractivity contribution in [3.05, 3.63) is 52.2 Å². The molecule has 0 bridgehead atoms. The standard InChI is InChI=1S/C26H32FN7OS/c1-15(2)30-22(35)18-11-29-23(31-17-5-6-19-16(9-17)10-28-14-25(19,3)4)33-21(18)34-24-32-20(12-36-24)26(13-27)7-8-26/h5-6,9,11-12,15,28H,7-8,10,13-14H2,1-4H3,(H,30,35)(H2,29,31,32,33,34). The number of nitrogens with one attached hydrogen (secondary N) is 4. The van der Waals surface area contributed by atoms with Gasteiger partial charge in [-0.15, -0.1) is 11.3 Å². The van der Waals surface area contributed by atoms with E-state index in [0.29, 0.717) is 22.5 Å². The molecule has 4 N–H and O–H groups in total. The lowest BCUT2D eigenvalue weighted by Gasteiger charge is -2.33. The van der Waals surface area contributed by atoms with Crippen LogP contribution in [0.2, 0.25) is 0 Å². The van der Waals surface area contributed by atoms with E-state index in [-0.39, 0.29) is 17.4 Å². The molecule has 1 aliphatic heterocycles. The minimum atomic E-state index is -0.442. The summed E-state index contributed by atoms with van der Waals surface area (Å²) in [6, 6.07) is 6.25. The minimum absolute atomic E-state index is 0.0396. The Kier molecular flexibility index (Phi) is 6.42. The van der Waals surface area contributed by atoms with Gasteiger partial charge < -0.3 is 21.3 Å². The normalized spacial score (nSPS) is 17.4. The molecule has 2 aliphatic rings. The number of amides is 1. The highest BCUT2D eigenvalue weighted by Gasteiger charge is 2.46. The van der Waals surface area contributed by atoms with Gasteiger partial charge in [0.15, 0.2) is 10.9 Å². The van der Waals surface area contributed by atoms with Crippen molar-refractivity contribution in [3.63, 3.8) is 0 Å². The molecule has 8 nitrogen and oxygen atoms in total. The summed E-state index contributed by atoms with van der Waals surface area (Å²) in [7, 11) is 0. The Balaban J connectivity index is 1.42. The van der Waals surface area contributed by atoms with Gasteiger partial charge >= 0.3 is 0 Å². The van der Waals surface area contributed by atoms with Gasteiger partial charge in [0.1, 0.15) is 12.2 Å². The topological polar surface area (TPSA) is 104 Å². The fourth-order valence-corrected chi connectivity index (χ4v) is 5.37. The lowest BCUT2D eigenvalue weighted by Crippen LogP contribution is -2.38. The molecule has 3 heterocycles. The average molecular weight is 510 g/mol. The molecule has 36 heavy (non-hydrogen) atoms. The van der Waals surface area contributed by atoms with Crippen molar-refractivity contribution >= 4 is 39.8 Å². The van der Waals surface area contributed by atoms with Crippen LogP contribution in [-0.2, 0) is 17.4 Å². The number of carbonyl (C=O) groups excluding carboxylic acids is 1. The predicted molar refractivity (Wildman–Crippen MR) is 141 cm³/mol. The van der Waals surface area contributed by atoms with Gasteiger partial charge in [-0.3, -0.25) is 9.18 Å². The number of benzene rings is 1. The fraction of sp³-hybridized carbons (Fsp3) is 0.462. The largest absolute Gasteiger partial charge is 0.350 e. The zero-order chi connectivity index (χ0) is 25.5. The fourth-order valence-electron chi connectivity index (χ4n) is 4.54. The highest BCUT2D eigenvalue weighted by molar-refractivity contribution is 7.13. The summed E-state index contributed by atoms with van der Waals surface area (Å²) in [5.74, 6) is 0.429. The van der Waals surface area contributed by atoms with Crippen LogP contribution in [0, 0.1) is 0 Å². The number of hydrogen-bond donors (Lipinski definition) is 4. The van der Waals surface area contributed by atoms with E-state index in [2.05, 4.69) is 62.2 Å². The van der Waals surface area contributed by atoms with Gasteiger partial charge in [-0.05, 0) is 49.9 Å². The minimum Gasteiger partial charge on any atom is -0.350 e. The van der Waals surface area contributed by atoms with Crippen LogP contribution in [0.15, 0.2) is 29.8 Å². The Morgan fingerprint density at radius 2 is 2.03 bits per heavy atom. The molecular formula is C26H32FN7OS. The highest BCUT2D eigenvalue weighted by atomic mass is 32.1. The van der Waals surface area contributed by atoms with Crippen LogP contribution in [0.4, 0.5) is 27.0 Å². The summed E-state index contributed by atoms with van der Waals surface area (Å²) in [4.78, 5) is 26.5. The lowest BCUT2D eigenvalue weighted by molar-refractivity contribution is 0.0943. The van der Waals surface area contributed by atoms with Crippen molar-refractivity contribution in [2.45, 2.75) is 64.0 Å². The van der Waals surface area contributed by atoms with Crippen LogP contribution >= 0.6 is 11.3 Å². The van der Waals surface area contributed by atoms with Gasteiger partial charge in [0.25, 0.3) is 5.91 Å². The smallest absolute Gasteiger partial charge is 0.256 e. The molecule has 3 aromatic rings. The Hall–Kier alpha value is -3.11. The number of fused-ring (bicyclic) bond motifs is 1. The number of thiazole rings is 1. The number of anilines is 4. The third-order valence-corrected chi connectivity index (χ3v) is 7.57. The van der Waals surface area contributed by atoms with Crippen LogP contribution in [0.25, 0.3) is 0 Å². The molecule has 1 aliphatic carbocycles. The first-order chi connectivity index (χ1) is 17.2. The summed E-state index contributed by atoms with van der Waals surface area (Å²) >= 11 is 1.38. The van der Waals surface area contributed by atoms with E-state index in [0.717, 1.165) is 37.3 Å². The summed E-state index contributed by atoms with van der Waals surface area (Å²) in [5.41, 5.74) is 4.13. The van der Waals surface area contributed by atoms with E-state index in [9.17, 15) is 9.18 Å². The third kappa shape index (κ3) is 4.92. The quantitative estimate of drug-likeness (QED) is 0.341. The number of nitrogens with zero attached hydrogens (tertiary/aromatic N) is 3.